The highest BCUT2D eigenvalue weighted by Crippen LogP contribution is 2.34. The van der Waals surface area contributed by atoms with E-state index in [-0.39, 0.29) is 12.8 Å². The molecule has 1 atom stereocenters. The fourth-order valence-electron chi connectivity index (χ4n) is 2.76. The van der Waals surface area contributed by atoms with E-state index in [9.17, 15) is 35.6 Å². The van der Waals surface area contributed by atoms with Crippen LogP contribution in [0, 0.1) is 5.82 Å². The molecule has 0 saturated carbocycles. The molecule has 0 amide bonds. The number of thiol groups is 1. The van der Waals surface area contributed by atoms with Crippen molar-refractivity contribution in [2.75, 3.05) is 20.1 Å². The fourth-order valence-corrected chi connectivity index (χ4v) is 4.56. The number of hydrogen-bond donors (Lipinski definition) is 2. The molecule has 1 aliphatic rings. The number of esters is 2. The second kappa shape index (κ2) is 8.58. The van der Waals surface area contributed by atoms with Crippen LogP contribution >= 0.6 is 12.6 Å². The zero-order chi connectivity index (χ0) is 22.0. The first-order chi connectivity index (χ1) is 13.3. The van der Waals surface area contributed by atoms with Crippen LogP contribution in [0.5, 0.6) is 0 Å². The average molecular weight is 458 g/mol. The Bertz CT molecular complexity index is 884. The maximum atomic E-state index is 13.9. The van der Waals surface area contributed by atoms with Gasteiger partial charge < -0.3 is 9.64 Å². The van der Waals surface area contributed by atoms with Gasteiger partial charge in [0.25, 0.3) is 0 Å². The van der Waals surface area contributed by atoms with Crippen molar-refractivity contribution < 1.29 is 40.3 Å². The van der Waals surface area contributed by atoms with Crippen molar-refractivity contribution in [2.45, 2.75) is 34.7 Å². The summed E-state index contributed by atoms with van der Waals surface area (Å²) in [5.41, 5.74) is 0. The van der Waals surface area contributed by atoms with Crippen molar-refractivity contribution in [1.29, 1.82) is 0 Å². The normalized spacial score (nSPS) is 18.8. The predicted molar refractivity (Wildman–Crippen MR) is 96.1 cm³/mol. The molecule has 1 saturated heterocycles. The van der Waals surface area contributed by atoms with E-state index in [1.54, 1.807) is 7.05 Å². The number of carbonyl (C=O) groups excluding carboxylic acids is 2. The Morgan fingerprint density at radius 3 is 2.31 bits per heavy atom. The molecule has 1 aliphatic heterocycles. The van der Waals surface area contributed by atoms with Crippen LogP contribution in [0.4, 0.5) is 17.6 Å². The minimum atomic E-state index is -5.46. The van der Waals surface area contributed by atoms with E-state index >= 15 is 0 Å². The molecule has 1 N–H and O–H groups in total. The standard InChI is InChI=1S/C16H18F4N2O5S2/c1-22-8-6-15(28,7-9-22)12(13(23)27-14(24)16(18,19)20)21-29(25,26)11-5-3-2-4-10(11)17/h2-5,12,21,28H,6-9H2,1H3/t12-/m0/s1. The summed E-state index contributed by atoms with van der Waals surface area (Å²) in [6.07, 6.45) is -5.28. The number of rotatable bonds is 5. The topological polar surface area (TPSA) is 92.8 Å². The largest absolute Gasteiger partial charge is 0.491 e. The van der Waals surface area contributed by atoms with E-state index in [2.05, 4.69) is 17.4 Å². The molecule has 0 aliphatic carbocycles. The Hall–Kier alpha value is -1.70. The number of hydrogen-bond acceptors (Lipinski definition) is 7. The molecule has 1 aromatic carbocycles. The lowest BCUT2D eigenvalue weighted by Crippen LogP contribution is -2.58. The summed E-state index contributed by atoms with van der Waals surface area (Å²) in [6, 6.07) is 2.28. The van der Waals surface area contributed by atoms with Gasteiger partial charge in [-0.05, 0) is 45.1 Å². The van der Waals surface area contributed by atoms with E-state index in [0.717, 1.165) is 12.1 Å². The number of piperidine rings is 1. The Morgan fingerprint density at radius 1 is 1.24 bits per heavy atom. The molecular weight excluding hydrogens is 440 g/mol. The molecule has 29 heavy (non-hydrogen) atoms. The highest BCUT2D eigenvalue weighted by molar-refractivity contribution is 7.89. The van der Waals surface area contributed by atoms with Crippen LogP contribution in [0.3, 0.4) is 0 Å². The van der Waals surface area contributed by atoms with Gasteiger partial charge in [-0.3, -0.25) is 0 Å². The van der Waals surface area contributed by atoms with Gasteiger partial charge in [0, 0.05) is 4.75 Å². The lowest BCUT2D eigenvalue weighted by molar-refractivity contribution is -0.202. The molecule has 1 aromatic rings. The zero-order valence-electron chi connectivity index (χ0n) is 15.1. The quantitative estimate of drug-likeness (QED) is 0.301. The van der Waals surface area contributed by atoms with Gasteiger partial charge in [-0.15, -0.1) is 0 Å². The Morgan fingerprint density at radius 2 is 1.79 bits per heavy atom. The summed E-state index contributed by atoms with van der Waals surface area (Å²) in [5, 5.41) is 0. The number of halogens is 4. The molecule has 0 spiro atoms. The van der Waals surface area contributed by atoms with E-state index in [4.69, 9.17) is 0 Å². The molecule has 7 nitrogen and oxygen atoms in total. The third-order valence-corrected chi connectivity index (χ3v) is 6.61. The molecule has 2 rings (SSSR count). The predicted octanol–water partition coefficient (Wildman–Crippen LogP) is 1.50. The summed E-state index contributed by atoms with van der Waals surface area (Å²) < 4.78 is 80.8. The third kappa shape index (κ3) is 5.68. The minimum absolute atomic E-state index is 0.0897. The number of likely N-dealkylation sites (tertiary alicyclic amines) is 1. The maximum absolute atomic E-state index is 13.9. The van der Waals surface area contributed by atoms with Crippen LogP contribution in [0.2, 0.25) is 0 Å². The number of nitrogens with one attached hydrogen (secondary N) is 1. The number of sulfonamides is 1. The Labute approximate surface area is 169 Å². The summed E-state index contributed by atoms with van der Waals surface area (Å²) in [7, 11) is -2.94. The molecular formula is C16H18F4N2O5S2. The first-order valence-corrected chi connectivity index (χ1v) is 10.2. The van der Waals surface area contributed by atoms with Gasteiger partial charge in [0.1, 0.15) is 16.8 Å². The van der Waals surface area contributed by atoms with Gasteiger partial charge in [-0.1, -0.05) is 12.1 Å². The number of ether oxygens (including phenoxy) is 1. The lowest BCUT2D eigenvalue weighted by Gasteiger charge is -2.41. The molecule has 13 heteroatoms. The first-order valence-electron chi connectivity index (χ1n) is 8.27. The third-order valence-electron chi connectivity index (χ3n) is 4.45. The van der Waals surface area contributed by atoms with Crippen LogP contribution in [0.15, 0.2) is 29.2 Å². The van der Waals surface area contributed by atoms with Crippen LogP contribution < -0.4 is 4.72 Å². The second-order valence-corrected chi connectivity index (χ2v) is 9.17. The molecule has 1 heterocycles. The summed E-state index contributed by atoms with van der Waals surface area (Å²) >= 11 is 4.33. The highest BCUT2D eigenvalue weighted by atomic mass is 32.2. The van der Waals surface area contributed by atoms with Crippen molar-refractivity contribution in [3.8, 4) is 0 Å². The van der Waals surface area contributed by atoms with Crippen LogP contribution in [0.25, 0.3) is 0 Å². The van der Waals surface area contributed by atoms with Gasteiger partial charge in [0.15, 0.2) is 0 Å². The van der Waals surface area contributed by atoms with Gasteiger partial charge in [-0.2, -0.15) is 30.5 Å². The van der Waals surface area contributed by atoms with Gasteiger partial charge in [0.2, 0.25) is 10.0 Å². The molecule has 1 fully saturated rings. The fraction of sp³-hybridized carbons (Fsp3) is 0.500. The number of benzene rings is 1. The van der Waals surface area contributed by atoms with Crippen molar-refractivity contribution in [2.24, 2.45) is 0 Å². The second-order valence-electron chi connectivity index (χ2n) is 6.60. The van der Waals surface area contributed by atoms with E-state index in [1.165, 1.54) is 12.1 Å². The minimum Gasteiger partial charge on any atom is -0.385 e. The monoisotopic (exact) mass is 458 g/mol. The van der Waals surface area contributed by atoms with E-state index in [0.29, 0.717) is 13.1 Å². The van der Waals surface area contributed by atoms with Gasteiger partial charge in [0.05, 0.1) is 0 Å². The molecule has 0 unspecified atom stereocenters. The summed E-state index contributed by atoms with van der Waals surface area (Å²) in [5.74, 6) is -5.69. The molecule has 0 aromatic heterocycles. The first kappa shape index (κ1) is 23.6. The summed E-state index contributed by atoms with van der Waals surface area (Å²) in [6.45, 7) is 0.698. The van der Waals surface area contributed by atoms with Crippen molar-refractivity contribution in [3.05, 3.63) is 30.1 Å². The van der Waals surface area contributed by atoms with Gasteiger partial charge in [-0.25, -0.2) is 22.4 Å². The Balaban J connectivity index is 2.38. The zero-order valence-corrected chi connectivity index (χ0v) is 16.8. The summed E-state index contributed by atoms with van der Waals surface area (Å²) in [4.78, 5) is 24.4. The Kier molecular flexibility index (Phi) is 6.97. The molecule has 0 radical (unpaired) electrons. The van der Waals surface area contributed by atoms with Crippen LogP contribution in [-0.4, -0.2) is 62.4 Å². The number of nitrogens with zero attached hydrogens (tertiary/aromatic N) is 1. The molecule has 162 valence electrons. The van der Waals surface area contributed by atoms with Gasteiger partial charge >= 0.3 is 18.1 Å². The maximum Gasteiger partial charge on any atom is 0.491 e. The smallest absolute Gasteiger partial charge is 0.385 e. The number of alkyl halides is 3. The van der Waals surface area contributed by atoms with Crippen molar-refractivity contribution >= 4 is 34.6 Å². The van der Waals surface area contributed by atoms with E-state index in [1.807, 2.05) is 9.62 Å². The van der Waals surface area contributed by atoms with Crippen molar-refractivity contribution in [3.63, 3.8) is 0 Å². The lowest BCUT2D eigenvalue weighted by atomic mass is 9.88. The average Bonchev–Trinajstić information content (AvgIpc) is 2.61. The highest BCUT2D eigenvalue weighted by Gasteiger charge is 2.49. The van der Waals surface area contributed by atoms with E-state index < -0.39 is 49.6 Å². The SMILES string of the molecule is CN1CCC(S)([C@@H](NS(=O)(=O)c2ccccc2F)C(=O)OC(=O)C(F)(F)F)CC1. The van der Waals surface area contributed by atoms with Crippen LogP contribution in [-0.2, 0) is 24.3 Å². The van der Waals surface area contributed by atoms with Crippen LogP contribution in [0.1, 0.15) is 12.8 Å². The van der Waals surface area contributed by atoms with Crippen molar-refractivity contribution in [1.82, 2.24) is 9.62 Å². The number of carbonyl (C=O) groups is 2. The molecule has 0 bridgehead atoms.